The van der Waals surface area contributed by atoms with Crippen LogP contribution in [-0.4, -0.2) is 36.0 Å². The van der Waals surface area contributed by atoms with E-state index >= 15 is 0 Å². The van der Waals surface area contributed by atoms with Crippen LogP contribution in [0.4, 0.5) is 8.78 Å². The maximum atomic E-state index is 12.7. The highest BCUT2D eigenvalue weighted by Gasteiger charge is 2.37. The Kier molecular flexibility index (Phi) is 2.92. The van der Waals surface area contributed by atoms with E-state index in [0.29, 0.717) is 13.1 Å². The zero-order chi connectivity index (χ0) is 10.1. The first-order valence-corrected chi connectivity index (χ1v) is 4.68. The minimum absolute atomic E-state index is 0.00198. The number of nitrogens with two attached hydrogens (primary N) is 1. The topological polar surface area (TPSA) is 29.3 Å². The van der Waals surface area contributed by atoms with Gasteiger partial charge in [-0.1, -0.05) is 0 Å². The minimum Gasteiger partial charge on any atom is -0.326 e. The largest absolute Gasteiger partial charge is 0.326 e. The van der Waals surface area contributed by atoms with Crippen molar-refractivity contribution in [1.82, 2.24) is 4.90 Å². The van der Waals surface area contributed by atoms with Crippen molar-refractivity contribution < 1.29 is 8.78 Å². The second-order valence-electron chi connectivity index (χ2n) is 4.62. The maximum Gasteiger partial charge on any atom is 0.261 e. The van der Waals surface area contributed by atoms with Crippen LogP contribution < -0.4 is 5.73 Å². The number of hydrogen-bond acceptors (Lipinski definition) is 2. The second-order valence-corrected chi connectivity index (χ2v) is 4.62. The molecule has 1 aliphatic heterocycles. The second kappa shape index (κ2) is 3.50. The molecule has 1 fully saturated rings. The summed E-state index contributed by atoms with van der Waals surface area (Å²) in [4.78, 5) is 1.79. The summed E-state index contributed by atoms with van der Waals surface area (Å²) in [6, 6.07) is 0. The van der Waals surface area contributed by atoms with E-state index in [1.807, 2.05) is 13.8 Å². The van der Waals surface area contributed by atoms with Gasteiger partial charge in [-0.05, 0) is 20.3 Å². The molecule has 2 N–H and O–H groups in total. The van der Waals surface area contributed by atoms with Gasteiger partial charge in [-0.15, -0.1) is 0 Å². The third-order valence-electron chi connectivity index (χ3n) is 2.32. The summed E-state index contributed by atoms with van der Waals surface area (Å²) in [6.07, 6.45) is 0.765. The lowest BCUT2D eigenvalue weighted by molar-refractivity contribution is 0.0117. The monoisotopic (exact) mass is 192 g/mol. The van der Waals surface area contributed by atoms with Gasteiger partial charge in [0, 0.05) is 25.0 Å². The van der Waals surface area contributed by atoms with E-state index in [2.05, 4.69) is 0 Å². The molecule has 1 rings (SSSR count). The molecule has 1 aliphatic rings. The molecule has 1 heterocycles. The van der Waals surface area contributed by atoms with E-state index < -0.39 is 5.92 Å². The van der Waals surface area contributed by atoms with Crippen molar-refractivity contribution in [2.24, 2.45) is 5.73 Å². The van der Waals surface area contributed by atoms with Crippen LogP contribution in [0.15, 0.2) is 0 Å². The quantitative estimate of drug-likeness (QED) is 0.733. The summed E-state index contributed by atoms with van der Waals surface area (Å²) in [5.74, 6) is -2.47. The zero-order valence-electron chi connectivity index (χ0n) is 8.32. The molecule has 1 saturated heterocycles. The lowest BCUT2D eigenvalue weighted by Crippen LogP contribution is -2.37. The minimum atomic E-state index is -2.47. The SMILES string of the molecule is CC(C)(N)CCN1CCC(F)(F)C1. The van der Waals surface area contributed by atoms with Crippen LogP contribution in [0.3, 0.4) is 0 Å². The molecular formula is C9H18F2N2. The van der Waals surface area contributed by atoms with E-state index in [1.54, 1.807) is 4.90 Å². The van der Waals surface area contributed by atoms with Crippen LogP contribution in [0.25, 0.3) is 0 Å². The molecule has 0 atom stereocenters. The van der Waals surface area contributed by atoms with Crippen molar-refractivity contribution in [3.8, 4) is 0 Å². The molecule has 0 aromatic heterocycles. The van der Waals surface area contributed by atoms with E-state index in [-0.39, 0.29) is 18.5 Å². The predicted molar refractivity (Wildman–Crippen MR) is 48.9 cm³/mol. The summed E-state index contributed by atoms with van der Waals surface area (Å²) < 4.78 is 25.5. The van der Waals surface area contributed by atoms with E-state index in [9.17, 15) is 8.78 Å². The number of rotatable bonds is 3. The molecule has 0 spiro atoms. The average molecular weight is 192 g/mol. The Hall–Kier alpha value is -0.220. The summed E-state index contributed by atoms with van der Waals surface area (Å²) in [5.41, 5.74) is 5.51. The Labute approximate surface area is 78.1 Å². The third-order valence-corrected chi connectivity index (χ3v) is 2.32. The molecule has 0 amide bonds. The first kappa shape index (κ1) is 10.9. The van der Waals surface area contributed by atoms with Crippen LogP contribution in [0.1, 0.15) is 26.7 Å². The first-order chi connectivity index (χ1) is 5.79. The number of likely N-dealkylation sites (tertiary alicyclic amines) is 1. The summed E-state index contributed by atoms with van der Waals surface area (Å²) in [7, 11) is 0. The normalized spacial score (nSPS) is 23.8. The Morgan fingerprint density at radius 2 is 2.08 bits per heavy atom. The Morgan fingerprint density at radius 3 is 2.46 bits per heavy atom. The van der Waals surface area contributed by atoms with Crippen LogP contribution in [0.5, 0.6) is 0 Å². The molecule has 78 valence electrons. The van der Waals surface area contributed by atoms with Gasteiger partial charge in [0.2, 0.25) is 0 Å². The van der Waals surface area contributed by atoms with Gasteiger partial charge >= 0.3 is 0 Å². The fourth-order valence-electron chi connectivity index (χ4n) is 1.44. The van der Waals surface area contributed by atoms with Gasteiger partial charge in [0.25, 0.3) is 5.92 Å². The van der Waals surface area contributed by atoms with Gasteiger partial charge in [0.15, 0.2) is 0 Å². The van der Waals surface area contributed by atoms with E-state index in [1.165, 1.54) is 0 Å². The maximum absolute atomic E-state index is 12.7. The highest BCUT2D eigenvalue weighted by Crippen LogP contribution is 2.27. The van der Waals surface area contributed by atoms with Crippen molar-refractivity contribution in [3.05, 3.63) is 0 Å². The molecule has 0 bridgehead atoms. The summed E-state index contributed by atoms with van der Waals surface area (Å²) in [6.45, 7) is 4.92. The Balaban J connectivity index is 2.25. The highest BCUT2D eigenvalue weighted by molar-refractivity contribution is 4.83. The van der Waals surface area contributed by atoms with Gasteiger partial charge in [-0.25, -0.2) is 8.78 Å². The molecule has 0 saturated carbocycles. The molecule has 0 unspecified atom stereocenters. The number of alkyl halides is 2. The van der Waals surface area contributed by atoms with Crippen molar-refractivity contribution in [1.29, 1.82) is 0 Å². The van der Waals surface area contributed by atoms with Crippen LogP contribution in [0, 0.1) is 0 Å². The third kappa shape index (κ3) is 4.00. The van der Waals surface area contributed by atoms with Gasteiger partial charge in [0.05, 0.1) is 6.54 Å². The van der Waals surface area contributed by atoms with Crippen molar-refractivity contribution in [2.45, 2.75) is 38.2 Å². The smallest absolute Gasteiger partial charge is 0.261 e. The van der Waals surface area contributed by atoms with Gasteiger partial charge in [-0.2, -0.15) is 0 Å². The molecule has 0 radical (unpaired) electrons. The first-order valence-electron chi connectivity index (χ1n) is 4.68. The van der Waals surface area contributed by atoms with Crippen molar-refractivity contribution >= 4 is 0 Å². The fraction of sp³-hybridized carbons (Fsp3) is 1.00. The molecule has 0 aromatic rings. The Morgan fingerprint density at radius 1 is 1.46 bits per heavy atom. The molecule has 0 aromatic carbocycles. The molecule has 13 heavy (non-hydrogen) atoms. The van der Waals surface area contributed by atoms with Gasteiger partial charge < -0.3 is 5.73 Å². The van der Waals surface area contributed by atoms with Crippen LogP contribution in [0.2, 0.25) is 0 Å². The number of hydrogen-bond donors (Lipinski definition) is 1. The zero-order valence-corrected chi connectivity index (χ0v) is 8.32. The van der Waals surface area contributed by atoms with Crippen LogP contribution in [-0.2, 0) is 0 Å². The molecule has 0 aliphatic carbocycles. The van der Waals surface area contributed by atoms with E-state index in [0.717, 1.165) is 6.42 Å². The molecule has 2 nitrogen and oxygen atoms in total. The van der Waals surface area contributed by atoms with Crippen molar-refractivity contribution in [2.75, 3.05) is 19.6 Å². The lowest BCUT2D eigenvalue weighted by atomic mass is 10.0. The lowest BCUT2D eigenvalue weighted by Gasteiger charge is -2.22. The standard InChI is InChI=1S/C9H18F2N2/c1-8(2,12)3-5-13-6-4-9(10,11)7-13/h3-7,12H2,1-2H3. The number of halogens is 2. The molecule has 4 heteroatoms. The van der Waals surface area contributed by atoms with Crippen LogP contribution >= 0.6 is 0 Å². The highest BCUT2D eigenvalue weighted by atomic mass is 19.3. The summed E-state index contributed by atoms with van der Waals surface area (Å²) >= 11 is 0. The van der Waals surface area contributed by atoms with Gasteiger partial charge in [0.1, 0.15) is 0 Å². The Bertz CT molecular complexity index is 175. The fourth-order valence-corrected chi connectivity index (χ4v) is 1.44. The van der Waals surface area contributed by atoms with Crippen molar-refractivity contribution in [3.63, 3.8) is 0 Å². The summed E-state index contributed by atoms with van der Waals surface area (Å²) in [5, 5.41) is 0. The average Bonchev–Trinajstić information content (AvgIpc) is 2.24. The predicted octanol–water partition coefficient (Wildman–Crippen LogP) is 1.45. The van der Waals surface area contributed by atoms with E-state index in [4.69, 9.17) is 5.73 Å². The molecular weight excluding hydrogens is 174 g/mol. The number of nitrogens with zero attached hydrogens (tertiary/aromatic N) is 1. The van der Waals surface area contributed by atoms with Gasteiger partial charge in [-0.3, -0.25) is 4.90 Å².